The summed E-state index contributed by atoms with van der Waals surface area (Å²) in [6, 6.07) is 11.9. The first kappa shape index (κ1) is 19.9. The Morgan fingerprint density at radius 2 is 1.77 bits per heavy atom. The molecule has 0 heterocycles. The minimum atomic E-state index is -0.335. The summed E-state index contributed by atoms with van der Waals surface area (Å²) in [4.78, 5) is 11.9. The first-order valence-corrected chi connectivity index (χ1v) is 9.15. The second-order valence-corrected chi connectivity index (χ2v) is 6.82. The predicted molar refractivity (Wildman–Crippen MR) is 111 cm³/mol. The number of esters is 1. The van der Waals surface area contributed by atoms with E-state index in [2.05, 4.69) is 49.6 Å². The molecule has 2 aromatic carbocycles. The quantitative estimate of drug-likeness (QED) is 0.583. The van der Waals surface area contributed by atoms with Crippen molar-refractivity contribution in [1.82, 2.24) is 5.32 Å². The second kappa shape index (κ2) is 8.81. The zero-order chi connectivity index (χ0) is 19.3. The molecule has 0 aliphatic carbocycles. The summed E-state index contributed by atoms with van der Waals surface area (Å²) < 4.78 is 5.06. The molecule has 2 rings (SSSR count). The standard InChI is InChI=1S/C21H26N2O2S/c1-6-25-20(24)18-10-8-14(3)19(12-18)23-21(26)22-16(5)17-9-7-13(2)15(4)11-17/h7-12,16H,6H2,1-5H3,(H2,22,23,26). The van der Waals surface area contributed by atoms with Crippen molar-refractivity contribution < 1.29 is 9.53 Å². The third-order valence-corrected chi connectivity index (χ3v) is 4.60. The molecule has 0 amide bonds. The second-order valence-electron chi connectivity index (χ2n) is 6.41. The van der Waals surface area contributed by atoms with Gasteiger partial charge in [0.05, 0.1) is 18.2 Å². The smallest absolute Gasteiger partial charge is 0.338 e. The summed E-state index contributed by atoms with van der Waals surface area (Å²) in [5.41, 5.74) is 6.00. The van der Waals surface area contributed by atoms with Crippen molar-refractivity contribution in [2.45, 2.75) is 40.7 Å². The van der Waals surface area contributed by atoms with Crippen LogP contribution in [0.4, 0.5) is 5.69 Å². The number of rotatable bonds is 5. The van der Waals surface area contributed by atoms with Gasteiger partial charge in [-0.2, -0.15) is 0 Å². The molecule has 0 spiro atoms. The fraction of sp³-hybridized carbons (Fsp3) is 0.333. The van der Waals surface area contributed by atoms with Gasteiger partial charge in [-0.15, -0.1) is 0 Å². The van der Waals surface area contributed by atoms with Crippen molar-refractivity contribution >= 4 is 29.0 Å². The van der Waals surface area contributed by atoms with Gasteiger partial charge in [0.1, 0.15) is 0 Å². The number of ether oxygens (including phenoxy) is 1. The highest BCUT2D eigenvalue weighted by Crippen LogP contribution is 2.20. The Morgan fingerprint density at radius 3 is 2.42 bits per heavy atom. The van der Waals surface area contributed by atoms with E-state index in [0.29, 0.717) is 17.3 Å². The maximum Gasteiger partial charge on any atom is 0.338 e. The fourth-order valence-corrected chi connectivity index (χ4v) is 2.86. The average Bonchev–Trinajstić information content (AvgIpc) is 2.59. The van der Waals surface area contributed by atoms with Crippen LogP contribution in [-0.2, 0) is 4.74 Å². The van der Waals surface area contributed by atoms with Crippen molar-refractivity contribution in [3.8, 4) is 0 Å². The van der Waals surface area contributed by atoms with Crippen molar-refractivity contribution in [2.75, 3.05) is 11.9 Å². The van der Waals surface area contributed by atoms with Crippen LogP contribution < -0.4 is 10.6 Å². The largest absolute Gasteiger partial charge is 0.462 e. The first-order valence-electron chi connectivity index (χ1n) is 8.74. The average molecular weight is 371 g/mol. The summed E-state index contributed by atoms with van der Waals surface area (Å²) >= 11 is 5.45. The van der Waals surface area contributed by atoms with Crippen LogP contribution in [0.1, 0.15) is 52.5 Å². The Labute approximate surface area is 161 Å². The molecule has 0 aromatic heterocycles. The van der Waals surface area contributed by atoms with Gasteiger partial charge in [-0.25, -0.2) is 4.79 Å². The topological polar surface area (TPSA) is 50.4 Å². The SMILES string of the molecule is CCOC(=O)c1ccc(C)c(NC(=S)NC(C)c2ccc(C)c(C)c2)c1. The van der Waals surface area contributed by atoms with E-state index in [-0.39, 0.29) is 12.0 Å². The Balaban J connectivity index is 2.08. The molecule has 0 aliphatic heterocycles. The number of hydrogen-bond acceptors (Lipinski definition) is 3. The van der Waals surface area contributed by atoms with E-state index in [4.69, 9.17) is 17.0 Å². The molecule has 0 saturated heterocycles. The zero-order valence-corrected chi connectivity index (χ0v) is 16.8. The van der Waals surface area contributed by atoms with Crippen LogP contribution >= 0.6 is 12.2 Å². The van der Waals surface area contributed by atoms with Crippen LogP contribution in [0, 0.1) is 20.8 Å². The number of hydrogen-bond donors (Lipinski definition) is 2. The van der Waals surface area contributed by atoms with Gasteiger partial charge in [0, 0.05) is 5.69 Å². The molecule has 0 radical (unpaired) electrons. The van der Waals surface area contributed by atoms with E-state index in [1.54, 1.807) is 19.1 Å². The maximum absolute atomic E-state index is 11.9. The van der Waals surface area contributed by atoms with Gasteiger partial charge in [-0.3, -0.25) is 0 Å². The number of carbonyl (C=O) groups excluding carboxylic acids is 1. The monoisotopic (exact) mass is 370 g/mol. The molecule has 26 heavy (non-hydrogen) atoms. The Bertz CT molecular complexity index is 818. The van der Waals surface area contributed by atoms with Crippen LogP contribution in [0.3, 0.4) is 0 Å². The lowest BCUT2D eigenvalue weighted by Crippen LogP contribution is -2.31. The number of carbonyl (C=O) groups is 1. The number of anilines is 1. The molecule has 0 fully saturated rings. The molecule has 0 aliphatic rings. The lowest BCUT2D eigenvalue weighted by Gasteiger charge is -2.19. The van der Waals surface area contributed by atoms with E-state index < -0.39 is 0 Å². The highest BCUT2D eigenvalue weighted by molar-refractivity contribution is 7.80. The lowest BCUT2D eigenvalue weighted by atomic mass is 10.0. The van der Waals surface area contributed by atoms with Gasteiger partial charge >= 0.3 is 5.97 Å². The van der Waals surface area contributed by atoms with E-state index in [9.17, 15) is 4.79 Å². The fourth-order valence-electron chi connectivity index (χ4n) is 2.57. The van der Waals surface area contributed by atoms with Gasteiger partial charge in [-0.05, 0) is 81.2 Å². The van der Waals surface area contributed by atoms with E-state index in [0.717, 1.165) is 11.3 Å². The minimum Gasteiger partial charge on any atom is -0.462 e. The van der Waals surface area contributed by atoms with E-state index in [1.807, 2.05) is 13.0 Å². The van der Waals surface area contributed by atoms with Gasteiger partial charge in [0.15, 0.2) is 5.11 Å². The van der Waals surface area contributed by atoms with Gasteiger partial charge < -0.3 is 15.4 Å². The summed E-state index contributed by atoms with van der Waals surface area (Å²) in [5, 5.41) is 7.00. The van der Waals surface area contributed by atoms with E-state index in [1.165, 1.54) is 16.7 Å². The molecule has 1 unspecified atom stereocenters. The van der Waals surface area contributed by atoms with Gasteiger partial charge in [-0.1, -0.05) is 24.3 Å². The predicted octanol–water partition coefficient (Wildman–Crippen LogP) is 4.84. The van der Waals surface area contributed by atoms with Crippen LogP contribution in [-0.4, -0.2) is 17.7 Å². The summed E-state index contributed by atoms with van der Waals surface area (Å²) in [7, 11) is 0. The molecular weight excluding hydrogens is 344 g/mol. The van der Waals surface area contributed by atoms with Gasteiger partial charge in [0.25, 0.3) is 0 Å². The number of thiocarbonyl (C=S) groups is 1. The molecular formula is C21H26N2O2S. The van der Waals surface area contributed by atoms with Crippen molar-refractivity contribution in [3.05, 3.63) is 64.2 Å². The minimum absolute atomic E-state index is 0.0721. The molecule has 0 saturated carbocycles. The van der Waals surface area contributed by atoms with E-state index >= 15 is 0 Å². The Morgan fingerprint density at radius 1 is 1.08 bits per heavy atom. The van der Waals surface area contributed by atoms with Crippen LogP contribution in [0.25, 0.3) is 0 Å². The summed E-state index contributed by atoms with van der Waals surface area (Å²) in [6.45, 7) is 10.4. The third-order valence-electron chi connectivity index (χ3n) is 4.38. The molecule has 4 nitrogen and oxygen atoms in total. The third kappa shape index (κ3) is 5.05. The highest BCUT2D eigenvalue weighted by Gasteiger charge is 2.12. The Hall–Kier alpha value is -2.40. The zero-order valence-electron chi connectivity index (χ0n) is 16.0. The lowest BCUT2D eigenvalue weighted by molar-refractivity contribution is 0.0526. The van der Waals surface area contributed by atoms with Crippen LogP contribution in [0.15, 0.2) is 36.4 Å². The first-order chi connectivity index (χ1) is 12.3. The maximum atomic E-state index is 11.9. The molecule has 1 atom stereocenters. The molecule has 2 N–H and O–H groups in total. The van der Waals surface area contributed by atoms with Crippen molar-refractivity contribution in [2.24, 2.45) is 0 Å². The highest BCUT2D eigenvalue weighted by atomic mass is 32.1. The molecule has 0 bridgehead atoms. The number of nitrogens with one attached hydrogen (secondary N) is 2. The van der Waals surface area contributed by atoms with Crippen molar-refractivity contribution in [1.29, 1.82) is 0 Å². The van der Waals surface area contributed by atoms with Crippen LogP contribution in [0.5, 0.6) is 0 Å². The molecule has 138 valence electrons. The summed E-state index contributed by atoms with van der Waals surface area (Å²) in [5.74, 6) is -0.335. The number of benzene rings is 2. The Kier molecular flexibility index (Phi) is 6.75. The van der Waals surface area contributed by atoms with Crippen molar-refractivity contribution in [3.63, 3.8) is 0 Å². The van der Waals surface area contributed by atoms with Crippen LogP contribution in [0.2, 0.25) is 0 Å². The number of aryl methyl sites for hydroxylation is 3. The summed E-state index contributed by atoms with van der Waals surface area (Å²) in [6.07, 6.45) is 0. The molecule has 2 aromatic rings. The van der Waals surface area contributed by atoms with Gasteiger partial charge in [0.2, 0.25) is 0 Å². The normalized spacial score (nSPS) is 11.6. The molecule has 5 heteroatoms.